The van der Waals surface area contributed by atoms with Gasteiger partial charge < -0.3 is 9.84 Å². The van der Waals surface area contributed by atoms with Crippen LogP contribution in [0.2, 0.25) is 0 Å². The molecule has 4 nitrogen and oxygen atoms in total. The third-order valence-electron chi connectivity index (χ3n) is 4.34. The van der Waals surface area contributed by atoms with Gasteiger partial charge in [-0.25, -0.2) is 4.98 Å². The molecule has 0 bridgehead atoms. The number of carbonyl (C=O) groups excluding carboxylic acids is 1. The van der Waals surface area contributed by atoms with E-state index in [-0.39, 0.29) is 5.78 Å². The zero-order valence-electron chi connectivity index (χ0n) is 15.8. The van der Waals surface area contributed by atoms with Crippen molar-refractivity contribution in [3.05, 3.63) is 77.5 Å². The summed E-state index contributed by atoms with van der Waals surface area (Å²) in [7, 11) is 0. The Morgan fingerprint density at radius 2 is 1.78 bits per heavy atom. The number of ketones is 1. The van der Waals surface area contributed by atoms with Gasteiger partial charge in [0.1, 0.15) is 18.0 Å². The van der Waals surface area contributed by atoms with Crippen molar-refractivity contribution in [2.24, 2.45) is 0 Å². The fourth-order valence-corrected chi connectivity index (χ4v) is 2.73. The molecule has 0 aliphatic heterocycles. The quantitative estimate of drug-likeness (QED) is 0.658. The van der Waals surface area contributed by atoms with Crippen molar-refractivity contribution in [3.8, 4) is 5.75 Å². The molecule has 0 saturated carbocycles. The zero-order valence-corrected chi connectivity index (χ0v) is 15.8. The molecule has 0 unspecified atom stereocenters. The number of carbonyl (C=O) groups is 1. The monoisotopic (exact) mass is 361 g/mol. The van der Waals surface area contributed by atoms with Gasteiger partial charge in [0, 0.05) is 10.9 Å². The van der Waals surface area contributed by atoms with Gasteiger partial charge in [0.15, 0.2) is 5.78 Å². The number of ether oxygens (including phenoxy) is 1. The van der Waals surface area contributed by atoms with Crippen molar-refractivity contribution in [2.45, 2.75) is 33.0 Å². The molecule has 138 valence electrons. The topological polar surface area (TPSA) is 59.4 Å². The van der Waals surface area contributed by atoms with Gasteiger partial charge in [-0.15, -0.1) is 0 Å². The standard InChI is InChI=1S/C23H23NO3/c1-16-19(13-14-21(25)23(2,3)26)24-20-12-8-7-11-18(20)22(16)27-15-17-9-5-4-6-10-17/h4-14,26H,15H2,1-3H3. The van der Waals surface area contributed by atoms with Crippen LogP contribution < -0.4 is 4.74 Å². The van der Waals surface area contributed by atoms with Crippen molar-refractivity contribution in [3.63, 3.8) is 0 Å². The van der Waals surface area contributed by atoms with Crippen LogP contribution in [0.4, 0.5) is 0 Å². The lowest BCUT2D eigenvalue weighted by atomic mass is 10.0. The molecular weight excluding hydrogens is 338 g/mol. The van der Waals surface area contributed by atoms with Gasteiger partial charge in [0.25, 0.3) is 0 Å². The summed E-state index contributed by atoms with van der Waals surface area (Å²) in [6.45, 7) is 5.30. The number of aromatic nitrogens is 1. The molecule has 3 aromatic rings. The number of fused-ring (bicyclic) bond motifs is 1. The smallest absolute Gasteiger partial charge is 0.186 e. The maximum absolute atomic E-state index is 12.0. The van der Waals surface area contributed by atoms with Gasteiger partial charge in [-0.3, -0.25) is 4.79 Å². The highest BCUT2D eigenvalue weighted by atomic mass is 16.5. The molecule has 0 saturated heterocycles. The predicted octanol–water partition coefficient (Wildman–Crippen LogP) is 4.48. The molecule has 1 N–H and O–H groups in total. The predicted molar refractivity (Wildman–Crippen MR) is 108 cm³/mol. The lowest BCUT2D eigenvalue weighted by molar-refractivity contribution is -0.128. The lowest BCUT2D eigenvalue weighted by Crippen LogP contribution is -2.29. The Labute approximate surface area is 159 Å². The van der Waals surface area contributed by atoms with Gasteiger partial charge in [-0.05, 0) is 50.6 Å². The Hall–Kier alpha value is -2.98. The molecule has 0 aliphatic carbocycles. The van der Waals surface area contributed by atoms with Crippen LogP contribution in [0.1, 0.15) is 30.7 Å². The number of nitrogens with zero attached hydrogens (tertiary/aromatic N) is 1. The first kappa shape index (κ1) is 18.8. The summed E-state index contributed by atoms with van der Waals surface area (Å²) in [6, 6.07) is 17.7. The summed E-state index contributed by atoms with van der Waals surface area (Å²) in [5.41, 5.74) is 1.96. The van der Waals surface area contributed by atoms with Crippen LogP contribution in [0.15, 0.2) is 60.7 Å². The summed E-state index contributed by atoms with van der Waals surface area (Å²) >= 11 is 0. The Morgan fingerprint density at radius 3 is 2.48 bits per heavy atom. The van der Waals surface area contributed by atoms with Crippen LogP contribution in [0.3, 0.4) is 0 Å². The number of aliphatic hydroxyl groups is 1. The van der Waals surface area contributed by atoms with E-state index in [0.29, 0.717) is 12.3 Å². The van der Waals surface area contributed by atoms with E-state index in [0.717, 1.165) is 27.8 Å². The van der Waals surface area contributed by atoms with Crippen molar-refractivity contribution >= 4 is 22.8 Å². The minimum absolute atomic E-state index is 0.372. The molecule has 0 amide bonds. The van der Waals surface area contributed by atoms with Gasteiger partial charge in [0.05, 0.1) is 11.2 Å². The lowest BCUT2D eigenvalue weighted by Gasteiger charge is -2.15. The Kier molecular flexibility index (Phi) is 5.38. The normalized spacial score (nSPS) is 11.9. The first-order valence-electron chi connectivity index (χ1n) is 8.87. The first-order chi connectivity index (χ1) is 12.9. The Morgan fingerprint density at radius 1 is 1.11 bits per heavy atom. The molecule has 0 radical (unpaired) electrons. The molecule has 1 aromatic heterocycles. The van der Waals surface area contributed by atoms with Crippen LogP contribution >= 0.6 is 0 Å². The van der Waals surface area contributed by atoms with Crippen LogP contribution in [0.25, 0.3) is 17.0 Å². The Balaban J connectivity index is 1.99. The molecule has 0 spiro atoms. The fourth-order valence-electron chi connectivity index (χ4n) is 2.73. The third-order valence-corrected chi connectivity index (χ3v) is 4.34. The molecule has 4 heteroatoms. The van der Waals surface area contributed by atoms with E-state index in [2.05, 4.69) is 4.98 Å². The van der Waals surface area contributed by atoms with E-state index in [9.17, 15) is 9.90 Å². The highest BCUT2D eigenvalue weighted by Gasteiger charge is 2.21. The molecule has 0 atom stereocenters. The third kappa shape index (κ3) is 4.41. The number of rotatable bonds is 6. The number of benzene rings is 2. The molecular formula is C23H23NO3. The minimum Gasteiger partial charge on any atom is -0.488 e. The van der Waals surface area contributed by atoms with Crippen molar-refractivity contribution in [2.75, 3.05) is 0 Å². The minimum atomic E-state index is -1.41. The summed E-state index contributed by atoms with van der Waals surface area (Å²) in [6.07, 6.45) is 3.00. The molecule has 1 heterocycles. The SMILES string of the molecule is Cc1c(C=CC(=O)C(C)(C)O)nc2ccccc2c1OCc1ccccc1. The highest BCUT2D eigenvalue weighted by molar-refractivity contribution is 5.99. The molecule has 27 heavy (non-hydrogen) atoms. The van der Waals surface area contributed by atoms with Gasteiger partial charge in [0.2, 0.25) is 0 Å². The summed E-state index contributed by atoms with van der Waals surface area (Å²) in [4.78, 5) is 16.7. The van der Waals surface area contributed by atoms with Crippen molar-refractivity contribution in [1.29, 1.82) is 0 Å². The van der Waals surface area contributed by atoms with Gasteiger partial charge >= 0.3 is 0 Å². The van der Waals surface area contributed by atoms with Crippen molar-refractivity contribution < 1.29 is 14.6 Å². The fraction of sp³-hybridized carbons (Fsp3) is 0.217. The number of hydrogen-bond acceptors (Lipinski definition) is 4. The maximum atomic E-state index is 12.0. The van der Waals surface area contributed by atoms with Crippen LogP contribution in [-0.2, 0) is 11.4 Å². The van der Waals surface area contributed by atoms with Crippen LogP contribution in [-0.4, -0.2) is 21.5 Å². The summed E-state index contributed by atoms with van der Waals surface area (Å²) < 4.78 is 6.14. The number of hydrogen-bond donors (Lipinski definition) is 1. The Bertz CT molecular complexity index is 986. The zero-order chi connectivity index (χ0) is 19.4. The molecule has 3 rings (SSSR count). The average molecular weight is 361 g/mol. The van der Waals surface area contributed by atoms with E-state index in [1.165, 1.54) is 19.9 Å². The average Bonchev–Trinajstić information content (AvgIpc) is 2.65. The highest BCUT2D eigenvalue weighted by Crippen LogP contribution is 2.31. The number of pyridine rings is 1. The summed E-state index contributed by atoms with van der Waals surface area (Å²) in [5, 5.41) is 10.8. The second kappa shape index (κ2) is 7.72. The van der Waals surface area contributed by atoms with E-state index in [4.69, 9.17) is 4.74 Å². The van der Waals surface area contributed by atoms with E-state index in [1.54, 1.807) is 6.08 Å². The number of para-hydroxylation sites is 1. The second-order valence-electron chi connectivity index (χ2n) is 7.00. The van der Waals surface area contributed by atoms with Crippen LogP contribution in [0.5, 0.6) is 5.75 Å². The molecule has 0 fully saturated rings. The van der Waals surface area contributed by atoms with Gasteiger partial charge in [-0.2, -0.15) is 0 Å². The van der Waals surface area contributed by atoms with Crippen LogP contribution in [0, 0.1) is 6.92 Å². The van der Waals surface area contributed by atoms with E-state index in [1.807, 2.05) is 61.5 Å². The largest absolute Gasteiger partial charge is 0.488 e. The molecule has 0 aliphatic rings. The maximum Gasteiger partial charge on any atom is 0.186 e. The van der Waals surface area contributed by atoms with Crippen molar-refractivity contribution in [1.82, 2.24) is 4.98 Å². The van der Waals surface area contributed by atoms with Gasteiger partial charge in [-0.1, -0.05) is 42.5 Å². The van der Waals surface area contributed by atoms with E-state index < -0.39 is 5.60 Å². The molecule has 2 aromatic carbocycles. The second-order valence-corrected chi connectivity index (χ2v) is 7.00. The van der Waals surface area contributed by atoms with E-state index >= 15 is 0 Å². The summed E-state index contributed by atoms with van der Waals surface area (Å²) in [5.74, 6) is 0.378. The first-order valence-corrected chi connectivity index (χ1v) is 8.87.